The summed E-state index contributed by atoms with van der Waals surface area (Å²) < 4.78 is 0. The molecule has 0 aliphatic carbocycles. The Morgan fingerprint density at radius 1 is 1.54 bits per heavy atom. The molecule has 3 N–H and O–H groups in total. The Hall–Kier alpha value is -1.71. The topological polar surface area (TPSA) is 58.4 Å². The second kappa shape index (κ2) is 2.65. The molecule has 0 bridgehead atoms. The minimum absolute atomic E-state index is 0.0720. The lowest BCUT2D eigenvalue weighted by atomic mass is 10.1. The Morgan fingerprint density at radius 3 is 3.08 bits per heavy atom. The summed E-state index contributed by atoms with van der Waals surface area (Å²) in [5.74, 6) is 0. The molecule has 0 unspecified atom stereocenters. The molecule has 13 heavy (non-hydrogen) atoms. The van der Waals surface area contributed by atoms with Crippen molar-refractivity contribution in [2.75, 3.05) is 18.1 Å². The molecule has 2 rings (SSSR count). The van der Waals surface area contributed by atoms with Crippen LogP contribution in [-0.2, 0) is 6.54 Å². The van der Waals surface area contributed by atoms with Gasteiger partial charge in [0.15, 0.2) is 0 Å². The summed E-state index contributed by atoms with van der Waals surface area (Å²) in [6, 6.07) is 5.42. The zero-order chi connectivity index (χ0) is 9.42. The second-order valence-electron chi connectivity index (χ2n) is 3.20. The molecule has 68 valence electrons. The maximum atomic E-state index is 11.2. The minimum Gasteiger partial charge on any atom is -0.399 e. The van der Waals surface area contributed by atoms with Crippen LogP contribution in [0.25, 0.3) is 0 Å². The number of hydrogen-bond acceptors (Lipinski definition) is 2. The summed E-state index contributed by atoms with van der Waals surface area (Å²) in [5.41, 5.74) is 8.27. The molecule has 0 fully saturated rings. The van der Waals surface area contributed by atoms with Gasteiger partial charge in [-0.15, -0.1) is 0 Å². The number of hydrogen-bond donors (Lipinski definition) is 2. The van der Waals surface area contributed by atoms with E-state index in [-0.39, 0.29) is 6.03 Å². The zero-order valence-corrected chi connectivity index (χ0v) is 7.37. The molecule has 0 spiro atoms. The monoisotopic (exact) mass is 177 g/mol. The predicted octanol–water partition coefficient (Wildman–Crippen LogP) is 1.25. The van der Waals surface area contributed by atoms with Crippen LogP contribution < -0.4 is 11.1 Å². The van der Waals surface area contributed by atoms with Crippen LogP contribution in [0, 0.1) is 0 Å². The largest absolute Gasteiger partial charge is 0.399 e. The highest BCUT2D eigenvalue weighted by atomic mass is 16.2. The van der Waals surface area contributed by atoms with E-state index in [1.54, 1.807) is 18.0 Å². The van der Waals surface area contributed by atoms with Crippen LogP contribution in [-0.4, -0.2) is 18.0 Å². The third-order valence-electron chi connectivity index (χ3n) is 2.13. The number of rotatable bonds is 0. The summed E-state index contributed by atoms with van der Waals surface area (Å²) in [6.07, 6.45) is 0. The van der Waals surface area contributed by atoms with Gasteiger partial charge < -0.3 is 16.0 Å². The van der Waals surface area contributed by atoms with Crippen LogP contribution in [0.3, 0.4) is 0 Å². The fourth-order valence-electron chi connectivity index (χ4n) is 1.40. The molecule has 0 atom stereocenters. The van der Waals surface area contributed by atoms with Crippen molar-refractivity contribution in [3.05, 3.63) is 23.8 Å². The number of anilines is 2. The number of amides is 2. The van der Waals surface area contributed by atoms with Crippen molar-refractivity contribution in [1.82, 2.24) is 4.90 Å². The van der Waals surface area contributed by atoms with Crippen LogP contribution in [0.4, 0.5) is 16.2 Å². The van der Waals surface area contributed by atoms with Gasteiger partial charge in [0.25, 0.3) is 0 Å². The molecule has 0 saturated heterocycles. The molecule has 2 amide bonds. The number of benzene rings is 1. The van der Waals surface area contributed by atoms with Crippen LogP contribution in [0.1, 0.15) is 5.56 Å². The third kappa shape index (κ3) is 1.30. The van der Waals surface area contributed by atoms with Crippen molar-refractivity contribution >= 4 is 17.4 Å². The van der Waals surface area contributed by atoms with E-state index < -0.39 is 0 Å². The molecule has 0 radical (unpaired) electrons. The molecule has 1 aromatic carbocycles. The van der Waals surface area contributed by atoms with E-state index >= 15 is 0 Å². The number of carbonyl (C=O) groups excluding carboxylic acids is 1. The van der Waals surface area contributed by atoms with Crippen LogP contribution in [0.15, 0.2) is 18.2 Å². The summed E-state index contributed by atoms with van der Waals surface area (Å²) in [5, 5.41) is 2.77. The molecule has 1 aliphatic heterocycles. The number of nitrogen functional groups attached to an aromatic ring is 1. The van der Waals surface area contributed by atoms with Crippen LogP contribution in [0.5, 0.6) is 0 Å². The highest BCUT2D eigenvalue weighted by Gasteiger charge is 2.18. The van der Waals surface area contributed by atoms with E-state index in [1.807, 2.05) is 12.1 Å². The zero-order valence-electron chi connectivity index (χ0n) is 7.37. The van der Waals surface area contributed by atoms with Gasteiger partial charge >= 0.3 is 6.03 Å². The quantitative estimate of drug-likeness (QED) is 0.586. The summed E-state index contributed by atoms with van der Waals surface area (Å²) in [6.45, 7) is 0.617. The number of nitrogens with one attached hydrogen (secondary N) is 1. The normalized spacial score (nSPS) is 15.2. The smallest absolute Gasteiger partial charge is 0.321 e. The highest BCUT2D eigenvalue weighted by Crippen LogP contribution is 2.24. The molecule has 1 aromatic rings. The molecule has 0 aromatic heterocycles. The molecule has 1 aliphatic rings. The highest BCUT2D eigenvalue weighted by molar-refractivity contribution is 5.92. The van der Waals surface area contributed by atoms with Crippen molar-refractivity contribution in [2.24, 2.45) is 0 Å². The van der Waals surface area contributed by atoms with Crippen molar-refractivity contribution in [1.29, 1.82) is 0 Å². The molecule has 4 nitrogen and oxygen atoms in total. The third-order valence-corrected chi connectivity index (χ3v) is 2.13. The maximum absolute atomic E-state index is 11.2. The van der Waals surface area contributed by atoms with Gasteiger partial charge in [-0.1, -0.05) is 0 Å². The number of fused-ring (bicyclic) bond motifs is 1. The lowest BCUT2D eigenvalue weighted by Crippen LogP contribution is -2.35. The first-order chi connectivity index (χ1) is 6.16. The first-order valence-electron chi connectivity index (χ1n) is 4.07. The second-order valence-corrected chi connectivity index (χ2v) is 3.20. The van der Waals surface area contributed by atoms with E-state index in [1.165, 1.54) is 0 Å². The molecule has 4 heteroatoms. The minimum atomic E-state index is -0.0720. The predicted molar refractivity (Wildman–Crippen MR) is 51.3 cm³/mol. The van der Waals surface area contributed by atoms with Gasteiger partial charge in [-0.2, -0.15) is 0 Å². The lowest BCUT2D eigenvalue weighted by molar-refractivity contribution is 0.218. The van der Waals surface area contributed by atoms with Gasteiger partial charge in [-0.3, -0.25) is 0 Å². The van der Waals surface area contributed by atoms with Gasteiger partial charge in [0.2, 0.25) is 0 Å². The SMILES string of the molecule is CN1Cc2cc(N)ccc2NC1=O. The Morgan fingerprint density at radius 2 is 2.31 bits per heavy atom. The first-order valence-corrected chi connectivity index (χ1v) is 4.07. The first kappa shape index (κ1) is 7.91. The average molecular weight is 177 g/mol. The van der Waals surface area contributed by atoms with Gasteiger partial charge in [-0.25, -0.2) is 4.79 Å². The van der Waals surface area contributed by atoms with Gasteiger partial charge in [-0.05, 0) is 23.8 Å². The van der Waals surface area contributed by atoms with E-state index in [0.717, 1.165) is 16.9 Å². The molecular weight excluding hydrogens is 166 g/mol. The van der Waals surface area contributed by atoms with Crippen molar-refractivity contribution in [3.8, 4) is 0 Å². The molecule has 1 heterocycles. The van der Waals surface area contributed by atoms with Crippen molar-refractivity contribution in [3.63, 3.8) is 0 Å². The Balaban J connectivity index is 2.42. The van der Waals surface area contributed by atoms with Crippen molar-refractivity contribution in [2.45, 2.75) is 6.54 Å². The van der Waals surface area contributed by atoms with Crippen LogP contribution in [0.2, 0.25) is 0 Å². The maximum Gasteiger partial charge on any atom is 0.321 e. The lowest BCUT2D eigenvalue weighted by Gasteiger charge is -2.25. The Kier molecular flexibility index (Phi) is 1.62. The van der Waals surface area contributed by atoms with Gasteiger partial charge in [0.1, 0.15) is 0 Å². The van der Waals surface area contributed by atoms with Gasteiger partial charge in [0, 0.05) is 25.0 Å². The summed E-state index contributed by atoms with van der Waals surface area (Å²) in [7, 11) is 1.75. The van der Waals surface area contributed by atoms with E-state index in [9.17, 15) is 4.79 Å². The Labute approximate surface area is 76.3 Å². The number of nitrogens with two attached hydrogens (primary N) is 1. The number of urea groups is 1. The van der Waals surface area contributed by atoms with Gasteiger partial charge in [0.05, 0.1) is 0 Å². The molecular formula is C9H11N3O. The van der Waals surface area contributed by atoms with Crippen molar-refractivity contribution < 1.29 is 4.79 Å². The average Bonchev–Trinajstić information content (AvgIpc) is 2.08. The van der Waals surface area contributed by atoms with E-state index in [2.05, 4.69) is 5.32 Å². The summed E-state index contributed by atoms with van der Waals surface area (Å²) >= 11 is 0. The summed E-state index contributed by atoms with van der Waals surface area (Å²) in [4.78, 5) is 12.8. The number of nitrogens with zero attached hydrogens (tertiary/aromatic N) is 1. The fourth-order valence-corrected chi connectivity index (χ4v) is 1.40. The Bertz CT molecular complexity index is 362. The van der Waals surface area contributed by atoms with E-state index in [0.29, 0.717) is 6.54 Å². The standard InChI is InChI=1S/C9H11N3O/c1-12-5-6-4-7(10)2-3-8(6)11-9(12)13/h2-4H,5,10H2,1H3,(H,11,13). The fraction of sp³-hybridized carbons (Fsp3) is 0.222. The number of carbonyl (C=O) groups is 1. The van der Waals surface area contributed by atoms with Crippen LogP contribution >= 0.6 is 0 Å². The van der Waals surface area contributed by atoms with E-state index in [4.69, 9.17) is 5.73 Å². The molecule has 0 saturated carbocycles.